The van der Waals surface area contributed by atoms with Gasteiger partial charge in [0.05, 0.1) is 25.8 Å². The minimum Gasteiger partial charge on any atom is -0.355 e. The molecule has 3 atom stereocenters. The Morgan fingerprint density at radius 3 is 1.37 bits per heavy atom. The van der Waals surface area contributed by atoms with Crippen LogP contribution in [0, 0.1) is 17.8 Å². The lowest BCUT2D eigenvalue weighted by atomic mass is 9.74. The van der Waals surface area contributed by atoms with E-state index in [4.69, 9.17) is 0 Å². The Morgan fingerprint density at radius 2 is 0.941 bits per heavy atom. The molecule has 1 aliphatic carbocycles. The highest BCUT2D eigenvalue weighted by Crippen LogP contribution is 2.34. The second-order valence-electron chi connectivity index (χ2n) is 12.7. The van der Waals surface area contributed by atoms with Gasteiger partial charge < -0.3 is 31.9 Å². The summed E-state index contributed by atoms with van der Waals surface area (Å²) in [6.07, 6.45) is 14.7. The molecule has 6 amide bonds. The molecular formula is C39H74N6O6. The van der Waals surface area contributed by atoms with Crippen molar-refractivity contribution in [1.29, 1.82) is 0 Å². The predicted molar refractivity (Wildman–Crippen MR) is 212 cm³/mol. The predicted octanol–water partition coefficient (Wildman–Crippen LogP) is 5.48. The molecule has 0 aliphatic heterocycles. The zero-order chi connectivity index (χ0) is 37.5. The molecule has 0 aromatic carbocycles. The minimum absolute atomic E-state index is 0. The summed E-state index contributed by atoms with van der Waals surface area (Å²) in [5, 5.41) is 15.9. The molecule has 1 fully saturated rings. The van der Waals surface area contributed by atoms with Crippen molar-refractivity contribution in [2.45, 2.75) is 110 Å². The molecule has 12 heteroatoms. The summed E-state index contributed by atoms with van der Waals surface area (Å²) < 4.78 is 0. The lowest BCUT2D eigenvalue weighted by Crippen LogP contribution is -2.48. The highest BCUT2D eigenvalue weighted by atomic mass is 16.2. The summed E-state index contributed by atoms with van der Waals surface area (Å²) in [4.78, 5) is 76.5. The van der Waals surface area contributed by atoms with Crippen LogP contribution in [0.1, 0.15) is 122 Å². The molecule has 0 radical (unpaired) electrons. The first-order valence-corrected chi connectivity index (χ1v) is 18.5. The van der Waals surface area contributed by atoms with Crippen LogP contribution in [0.15, 0.2) is 47.2 Å². The number of amides is 6. The summed E-state index contributed by atoms with van der Waals surface area (Å²) in [5.41, 5.74) is 14.7. The van der Waals surface area contributed by atoms with Crippen molar-refractivity contribution in [3.63, 3.8) is 0 Å². The molecule has 51 heavy (non-hydrogen) atoms. The van der Waals surface area contributed by atoms with Gasteiger partial charge in [-0.2, -0.15) is 0 Å². The number of nitrogens with one attached hydrogen (secondary N) is 6. The molecule has 0 aromatic rings. The standard InChI is InChI=1S/C39H58N6O6.8H2/c1-4-7-10-13-16-19-22-40-34(46)28-43-37(49)31-25-32(38(50)44-29-35(47)41-23-20-17-14-11-8-5-2)27-33(26-31)39(51)45-30-36(48)42-24-21-18-15-12-9-6-3;;;;;;;;/h22,31-33H,1,5-6,8-9,11-12,14-15,17-18,20-21,23-30H2,2-3H3,(H,40,46)(H,41,47)(H,42,48)(H,43,49)(H,44,50)(H,45,51);8*1H/t31?,32-,33+;;;;;;;;. The van der Waals surface area contributed by atoms with E-state index in [0.717, 1.165) is 38.5 Å². The average molecular weight is 723 g/mol. The Bertz CT molecular complexity index is 1350. The van der Waals surface area contributed by atoms with E-state index in [1.165, 1.54) is 44.7 Å². The monoisotopic (exact) mass is 723 g/mol. The third kappa shape index (κ3) is 22.6. The molecule has 1 rings (SSSR count). The Hall–Kier alpha value is -4.76. The molecule has 6 N–H and O–H groups in total. The summed E-state index contributed by atoms with van der Waals surface area (Å²) >= 11 is 0. The Kier molecular flexibility index (Phi) is 25.2. The first kappa shape index (κ1) is 44.3. The van der Waals surface area contributed by atoms with Gasteiger partial charge in [-0.1, -0.05) is 83.8 Å². The van der Waals surface area contributed by atoms with E-state index >= 15 is 0 Å². The molecule has 0 aromatic heterocycles. The third-order valence-corrected chi connectivity index (χ3v) is 8.45. The lowest BCUT2D eigenvalue weighted by molar-refractivity contribution is -0.137. The Balaban J connectivity index is -0.000000542. The summed E-state index contributed by atoms with van der Waals surface area (Å²) in [6, 6.07) is 0. The quantitative estimate of drug-likeness (QED) is 0.0569. The van der Waals surface area contributed by atoms with Crippen molar-refractivity contribution in [1.82, 2.24) is 31.9 Å². The van der Waals surface area contributed by atoms with Crippen LogP contribution in [-0.2, 0) is 28.8 Å². The Morgan fingerprint density at radius 1 is 0.549 bits per heavy atom. The molecular weight excluding hydrogens is 648 g/mol. The first-order chi connectivity index (χ1) is 24.7. The van der Waals surface area contributed by atoms with Crippen LogP contribution in [-0.4, -0.2) is 68.2 Å². The van der Waals surface area contributed by atoms with Gasteiger partial charge in [-0.15, -0.1) is 0 Å². The molecule has 0 saturated heterocycles. The number of hydrogen-bond acceptors (Lipinski definition) is 6. The highest BCUT2D eigenvalue weighted by Gasteiger charge is 2.39. The van der Waals surface area contributed by atoms with Gasteiger partial charge in [-0.25, -0.2) is 0 Å². The van der Waals surface area contributed by atoms with Crippen LogP contribution in [0.3, 0.4) is 0 Å². The van der Waals surface area contributed by atoms with Gasteiger partial charge in [-0.3, -0.25) is 28.8 Å². The van der Waals surface area contributed by atoms with Gasteiger partial charge in [-0.05, 0) is 67.3 Å². The fourth-order valence-electron chi connectivity index (χ4n) is 5.63. The van der Waals surface area contributed by atoms with Gasteiger partial charge in [0.25, 0.3) is 0 Å². The van der Waals surface area contributed by atoms with E-state index in [2.05, 4.69) is 86.7 Å². The van der Waals surface area contributed by atoms with Crippen molar-refractivity contribution in [2.75, 3.05) is 32.7 Å². The minimum atomic E-state index is -0.755. The summed E-state index contributed by atoms with van der Waals surface area (Å²) in [7, 11) is 0. The van der Waals surface area contributed by atoms with E-state index in [9.17, 15) is 28.8 Å². The van der Waals surface area contributed by atoms with Gasteiger partial charge in [0.15, 0.2) is 0 Å². The summed E-state index contributed by atoms with van der Waals surface area (Å²) in [6.45, 7) is 7.92. The highest BCUT2D eigenvalue weighted by molar-refractivity contribution is 5.90. The molecule has 0 spiro atoms. The molecule has 1 saturated carbocycles. The number of carbonyl (C=O) groups is 6. The van der Waals surface area contributed by atoms with Crippen LogP contribution in [0.5, 0.6) is 0 Å². The van der Waals surface area contributed by atoms with Gasteiger partial charge in [0, 0.05) is 42.3 Å². The maximum atomic E-state index is 13.2. The largest absolute Gasteiger partial charge is 0.355 e. The fourth-order valence-corrected chi connectivity index (χ4v) is 5.63. The van der Waals surface area contributed by atoms with Crippen molar-refractivity contribution >= 4 is 35.4 Å². The number of hydrogen-bond donors (Lipinski definition) is 6. The topological polar surface area (TPSA) is 175 Å². The van der Waals surface area contributed by atoms with Gasteiger partial charge >= 0.3 is 0 Å². The van der Waals surface area contributed by atoms with E-state index in [1.807, 2.05) is 0 Å². The maximum Gasteiger partial charge on any atom is 0.243 e. The number of carbonyl (C=O) groups excluding carboxylic acids is 6. The van der Waals surface area contributed by atoms with Crippen molar-refractivity contribution in [3.8, 4) is 0 Å². The van der Waals surface area contributed by atoms with E-state index in [1.54, 1.807) is 0 Å². The lowest BCUT2D eigenvalue weighted by Gasteiger charge is -2.32. The molecule has 1 aliphatic rings. The van der Waals surface area contributed by atoms with E-state index in [-0.39, 0.29) is 62.1 Å². The molecule has 12 nitrogen and oxygen atoms in total. The Labute approximate surface area is 315 Å². The van der Waals surface area contributed by atoms with Gasteiger partial charge in [0.2, 0.25) is 35.4 Å². The SMILES string of the molecule is C=C=C=C=C=C=C=CNC(=O)CNC(=O)C1C[C@@H](C(=O)NCC(=O)NCCCCCCCC)C[C@@H](C(=O)NCC(=O)NCCCCCCCC)C1.[HH].[HH].[HH].[HH].[HH].[HH].[HH].[HH]. The second-order valence-corrected chi connectivity index (χ2v) is 12.7. The zero-order valence-corrected chi connectivity index (χ0v) is 30.6. The van der Waals surface area contributed by atoms with Crippen molar-refractivity contribution in [2.24, 2.45) is 17.8 Å². The van der Waals surface area contributed by atoms with Crippen molar-refractivity contribution < 1.29 is 40.2 Å². The van der Waals surface area contributed by atoms with Crippen LogP contribution >= 0.6 is 0 Å². The maximum absolute atomic E-state index is 13.2. The average Bonchev–Trinajstić information content (AvgIpc) is 3.13. The van der Waals surface area contributed by atoms with E-state index in [0.29, 0.717) is 13.1 Å². The fraction of sp³-hybridized carbons (Fsp3) is 0.641. The smallest absolute Gasteiger partial charge is 0.243 e. The van der Waals surface area contributed by atoms with E-state index < -0.39 is 41.4 Å². The first-order valence-electron chi connectivity index (χ1n) is 18.5. The second kappa shape index (κ2) is 29.0. The van der Waals surface area contributed by atoms with Crippen LogP contribution in [0.25, 0.3) is 0 Å². The van der Waals surface area contributed by atoms with Crippen LogP contribution in [0.4, 0.5) is 0 Å². The number of rotatable bonds is 24. The van der Waals surface area contributed by atoms with Crippen LogP contribution in [0.2, 0.25) is 0 Å². The molecule has 296 valence electrons. The molecule has 0 bridgehead atoms. The molecule has 1 unspecified atom stereocenters. The van der Waals surface area contributed by atoms with Crippen molar-refractivity contribution in [3.05, 3.63) is 47.2 Å². The normalized spacial score (nSPS) is 15.8. The number of unbranched alkanes of at least 4 members (excludes halogenated alkanes) is 10. The van der Waals surface area contributed by atoms with Gasteiger partial charge in [0.1, 0.15) is 0 Å². The van der Waals surface area contributed by atoms with Crippen LogP contribution < -0.4 is 31.9 Å². The third-order valence-electron chi connectivity index (χ3n) is 8.45. The summed E-state index contributed by atoms with van der Waals surface area (Å²) in [5.74, 6) is -4.73. The zero-order valence-electron chi connectivity index (χ0n) is 30.6. The molecule has 0 heterocycles.